The third-order valence-electron chi connectivity index (χ3n) is 2.56. The van der Waals surface area contributed by atoms with Crippen molar-refractivity contribution in [2.24, 2.45) is 0 Å². The number of benzene rings is 1. The number of pyridine rings is 1. The van der Waals surface area contributed by atoms with Gasteiger partial charge in [0.15, 0.2) is 17.5 Å². The molecule has 2 nitrogen and oxygen atoms in total. The van der Waals surface area contributed by atoms with Gasteiger partial charge in [-0.3, -0.25) is 0 Å². The lowest BCUT2D eigenvalue weighted by Crippen LogP contribution is -2.04. The maximum atomic E-state index is 13.7. The minimum atomic E-state index is -0.688. The summed E-state index contributed by atoms with van der Waals surface area (Å²) in [5, 5.41) is 3.54. The third-order valence-corrected chi connectivity index (χ3v) is 3.95. The Labute approximate surface area is 125 Å². The average Bonchev–Trinajstić information content (AvgIpc) is 2.42. The first-order chi connectivity index (χ1) is 9.61. The lowest BCUT2D eigenvalue weighted by Gasteiger charge is -2.08. The van der Waals surface area contributed by atoms with Crippen LogP contribution in [0.4, 0.5) is 14.6 Å². The van der Waals surface area contributed by atoms with Gasteiger partial charge in [-0.2, -0.15) is 0 Å². The van der Waals surface area contributed by atoms with Crippen molar-refractivity contribution in [2.45, 2.75) is 17.7 Å². The van der Waals surface area contributed by atoms with Crippen molar-refractivity contribution in [3.8, 4) is 0 Å². The lowest BCUT2D eigenvalue weighted by molar-refractivity contribution is 0.551. The maximum Gasteiger partial charge on any atom is 0.168 e. The van der Waals surface area contributed by atoms with Crippen LogP contribution >= 0.6 is 23.4 Å². The molecule has 6 heteroatoms. The zero-order valence-corrected chi connectivity index (χ0v) is 12.4. The summed E-state index contributed by atoms with van der Waals surface area (Å²) in [5.74, 6) is -0.816. The maximum absolute atomic E-state index is 13.7. The molecule has 0 bridgehead atoms. The molecule has 0 atom stereocenters. The molecule has 20 heavy (non-hydrogen) atoms. The van der Waals surface area contributed by atoms with Gasteiger partial charge in [-0.1, -0.05) is 41.6 Å². The largest absolute Gasteiger partial charge is 0.368 e. The first-order valence-corrected chi connectivity index (χ1v) is 7.44. The highest BCUT2D eigenvalue weighted by atomic mass is 35.5. The number of halogens is 3. The molecule has 2 rings (SSSR count). The van der Waals surface area contributed by atoms with Crippen molar-refractivity contribution in [2.75, 3.05) is 11.9 Å². The van der Waals surface area contributed by atoms with E-state index in [9.17, 15) is 8.78 Å². The van der Waals surface area contributed by atoms with Gasteiger partial charge in [0.1, 0.15) is 5.03 Å². The first-order valence-electron chi connectivity index (χ1n) is 6.08. The molecular formula is C14H13ClF2N2S. The molecular weight excluding hydrogens is 302 g/mol. The number of hydrogen-bond acceptors (Lipinski definition) is 3. The van der Waals surface area contributed by atoms with E-state index in [0.717, 1.165) is 11.6 Å². The highest BCUT2D eigenvalue weighted by Gasteiger charge is 2.12. The van der Waals surface area contributed by atoms with Crippen LogP contribution in [0.5, 0.6) is 0 Å². The number of nitrogens with zero attached hydrogens (tertiary/aromatic N) is 1. The molecule has 0 aliphatic rings. The molecule has 1 aromatic heterocycles. The SMILES string of the molecule is CCNc1nc(SCc2ccccc2Cl)c(F)cc1F. The molecule has 0 spiro atoms. The minimum absolute atomic E-state index is 0.0653. The Balaban J connectivity index is 2.17. The molecule has 0 aliphatic heterocycles. The van der Waals surface area contributed by atoms with Crippen LogP contribution in [0.1, 0.15) is 12.5 Å². The highest BCUT2D eigenvalue weighted by molar-refractivity contribution is 7.98. The fraction of sp³-hybridized carbons (Fsp3) is 0.214. The fourth-order valence-corrected chi connectivity index (χ4v) is 2.78. The molecule has 0 radical (unpaired) electrons. The van der Waals surface area contributed by atoms with Crippen molar-refractivity contribution in [3.05, 3.63) is 52.6 Å². The molecule has 1 aromatic carbocycles. The Bertz CT molecular complexity index is 608. The second-order valence-corrected chi connectivity index (χ2v) is 5.39. The van der Waals surface area contributed by atoms with Crippen LogP contribution in [0, 0.1) is 11.6 Å². The van der Waals surface area contributed by atoms with Crippen LogP contribution in [-0.2, 0) is 5.75 Å². The van der Waals surface area contributed by atoms with Crippen LogP contribution in [-0.4, -0.2) is 11.5 Å². The Morgan fingerprint density at radius 3 is 2.70 bits per heavy atom. The van der Waals surface area contributed by atoms with Crippen LogP contribution in [0.25, 0.3) is 0 Å². The Kier molecular flexibility index (Phi) is 5.20. The summed E-state index contributed by atoms with van der Waals surface area (Å²) in [7, 11) is 0. The van der Waals surface area contributed by atoms with E-state index in [1.807, 2.05) is 25.1 Å². The quantitative estimate of drug-likeness (QED) is 0.807. The summed E-state index contributed by atoms with van der Waals surface area (Å²) in [4.78, 5) is 3.97. The normalized spacial score (nSPS) is 10.6. The van der Waals surface area contributed by atoms with Crippen molar-refractivity contribution < 1.29 is 8.78 Å². The number of thioether (sulfide) groups is 1. The van der Waals surface area contributed by atoms with Crippen molar-refractivity contribution >= 4 is 29.2 Å². The summed E-state index contributed by atoms with van der Waals surface area (Å²) in [6.07, 6.45) is 0. The molecule has 1 heterocycles. The summed E-state index contributed by atoms with van der Waals surface area (Å²) < 4.78 is 27.1. The Morgan fingerprint density at radius 2 is 2.00 bits per heavy atom. The zero-order valence-electron chi connectivity index (χ0n) is 10.8. The second-order valence-electron chi connectivity index (χ2n) is 4.02. The van der Waals surface area contributed by atoms with Gasteiger partial charge in [-0.05, 0) is 18.6 Å². The van der Waals surface area contributed by atoms with Crippen LogP contribution in [0.15, 0.2) is 35.4 Å². The van der Waals surface area contributed by atoms with Gasteiger partial charge < -0.3 is 5.32 Å². The summed E-state index contributed by atoms with van der Waals surface area (Å²) in [5.41, 5.74) is 0.884. The van der Waals surface area contributed by atoms with Crippen LogP contribution in [0.3, 0.4) is 0 Å². The van der Waals surface area contributed by atoms with Gasteiger partial charge in [-0.15, -0.1) is 0 Å². The number of hydrogen-bond donors (Lipinski definition) is 1. The van der Waals surface area contributed by atoms with E-state index in [0.29, 0.717) is 17.3 Å². The summed E-state index contributed by atoms with van der Waals surface area (Å²) >= 11 is 7.22. The molecule has 0 aliphatic carbocycles. The van der Waals surface area contributed by atoms with Gasteiger partial charge in [0.25, 0.3) is 0 Å². The highest BCUT2D eigenvalue weighted by Crippen LogP contribution is 2.29. The van der Waals surface area contributed by atoms with E-state index in [1.165, 1.54) is 11.8 Å². The van der Waals surface area contributed by atoms with Crippen LogP contribution in [0.2, 0.25) is 5.02 Å². The van der Waals surface area contributed by atoms with Gasteiger partial charge in [-0.25, -0.2) is 13.8 Å². The van der Waals surface area contributed by atoms with Crippen molar-refractivity contribution in [3.63, 3.8) is 0 Å². The number of aromatic nitrogens is 1. The van der Waals surface area contributed by atoms with Gasteiger partial charge in [0.2, 0.25) is 0 Å². The first kappa shape index (κ1) is 15.1. The third kappa shape index (κ3) is 3.61. The van der Waals surface area contributed by atoms with E-state index in [1.54, 1.807) is 6.07 Å². The van der Waals surface area contributed by atoms with E-state index in [4.69, 9.17) is 11.6 Å². The predicted octanol–water partition coefficient (Wildman–Crippen LogP) is 4.74. The lowest BCUT2D eigenvalue weighted by atomic mass is 10.2. The van der Waals surface area contributed by atoms with E-state index in [2.05, 4.69) is 10.3 Å². The second kappa shape index (κ2) is 6.90. The smallest absolute Gasteiger partial charge is 0.168 e. The van der Waals surface area contributed by atoms with E-state index < -0.39 is 11.6 Å². The van der Waals surface area contributed by atoms with Crippen molar-refractivity contribution in [1.82, 2.24) is 4.98 Å². The molecule has 0 fully saturated rings. The molecule has 0 saturated heterocycles. The fourth-order valence-electron chi connectivity index (χ4n) is 1.60. The molecule has 0 unspecified atom stereocenters. The van der Waals surface area contributed by atoms with Gasteiger partial charge in [0.05, 0.1) is 0 Å². The van der Waals surface area contributed by atoms with Gasteiger partial charge >= 0.3 is 0 Å². The number of rotatable bonds is 5. The summed E-state index contributed by atoms with van der Waals surface area (Å²) in [6.45, 7) is 2.34. The average molecular weight is 315 g/mol. The minimum Gasteiger partial charge on any atom is -0.368 e. The monoisotopic (exact) mass is 314 g/mol. The van der Waals surface area contributed by atoms with E-state index in [-0.39, 0.29) is 10.8 Å². The predicted molar refractivity (Wildman–Crippen MR) is 79.3 cm³/mol. The van der Waals surface area contributed by atoms with E-state index >= 15 is 0 Å². The number of nitrogens with one attached hydrogen (secondary N) is 1. The van der Waals surface area contributed by atoms with Gasteiger partial charge in [0, 0.05) is 23.4 Å². The zero-order chi connectivity index (χ0) is 14.5. The molecule has 106 valence electrons. The Hall–Kier alpha value is -1.33. The van der Waals surface area contributed by atoms with Crippen LogP contribution < -0.4 is 5.32 Å². The topological polar surface area (TPSA) is 24.9 Å². The molecule has 0 saturated carbocycles. The molecule has 1 N–H and O–H groups in total. The standard InChI is InChI=1S/C14H13ClF2N2S/c1-2-18-13-11(16)7-12(17)14(19-13)20-8-9-5-3-4-6-10(9)15/h3-7H,2,8H2,1H3,(H,18,19). The number of anilines is 1. The Morgan fingerprint density at radius 1 is 1.25 bits per heavy atom. The molecule has 2 aromatic rings. The summed E-state index contributed by atoms with van der Waals surface area (Å²) in [6, 6.07) is 8.18. The van der Waals surface area contributed by atoms with Crippen molar-refractivity contribution in [1.29, 1.82) is 0 Å². The molecule has 0 amide bonds.